The quantitative estimate of drug-likeness (QED) is 0.392. The van der Waals surface area contributed by atoms with E-state index >= 15 is 0 Å². The Morgan fingerprint density at radius 1 is 1.63 bits per heavy atom. The summed E-state index contributed by atoms with van der Waals surface area (Å²) in [6.45, 7) is 1.79. The molecule has 3 N–H and O–H groups in total. The maximum atomic E-state index is 11.3. The number of amides is 1. The van der Waals surface area contributed by atoms with E-state index in [9.17, 15) is 4.79 Å². The summed E-state index contributed by atoms with van der Waals surface area (Å²) in [6, 6.07) is 5.23. The number of thioether (sulfide) groups is 1. The van der Waals surface area contributed by atoms with Gasteiger partial charge in [0.2, 0.25) is 0 Å². The Hall–Kier alpha value is -1.50. The van der Waals surface area contributed by atoms with Crippen molar-refractivity contribution in [2.45, 2.75) is 17.7 Å². The number of carbonyl (C=O) groups excluding carboxylic acids is 1. The highest BCUT2D eigenvalue weighted by Gasteiger charge is 2.14. The first-order chi connectivity index (χ1) is 9.11. The molecule has 0 bridgehead atoms. The summed E-state index contributed by atoms with van der Waals surface area (Å²) in [5, 5.41) is 1.35. The summed E-state index contributed by atoms with van der Waals surface area (Å²) < 4.78 is 5.33. The lowest BCUT2D eigenvalue weighted by atomic mass is 10.3. The molecule has 0 saturated heterocycles. The van der Waals surface area contributed by atoms with Crippen LogP contribution >= 0.6 is 23.4 Å². The van der Waals surface area contributed by atoms with Crippen molar-refractivity contribution in [1.29, 1.82) is 0 Å². The molecule has 0 aliphatic heterocycles. The molecule has 2 rings (SSSR count). The van der Waals surface area contributed by atoms with E-state index in [0.717, 1.165) is 10.6 Å². The molecule has 0 aliphatic carbocycles. The summed E-state index contributed by atoms with van der Waals surface area (Å²) in [7, 11) is 0. The lowest BCUT2D eigenvalue weighted by molar-refractivity contribution is 0.0924. The van der Waals surface area contributed by atoms with Crippen molar-refractivity contribution < 1.29 is 9.21 Å². The van der Waals surface area contributed by atoms with Crippen molar-refractivity contribution in [2.24, 2.45) is 5.84 Å². The van der Waals surface area contributed by atoms with Gasteiger partial charge in [0.1, 0.15) is 10.8 Å². The second-order valence-corrected chi connectivity index (χ2v) is 5.12. The van der Waals surface area contributed by atoms with Crippen LogP contribution in [0.2, 0.25) is 5.02 Å². The Balaban J connectivity index is 2.10. The van der Waals surface area contributed by atoms with Crippen molar-refractivity contribution >= 4 is 29.3 Å². The molecule has 7 heteroatoms. The minimum Gasteiger partial charge on any atom is -0.456 e. The molecule has 0 unspecified atom stereocenters. The molecule has 0 spiro atoms. The van der Waals surface area contributed by atoms with Gasteiger partial charge in [0, 0.05) is 17.5 Å². The molecular weight excluding hydrogens is 286 g/mol. The average Bonchev–Trinajstić information content (AvgIpc) is 2.78. The second kappa shape index (κ2) is 6.10. The van der Waals surface area contributed by atoms with Gasteiger partial charge in [-0.05, 0) is 25.1 Å². The third-order valence-corrected chi connectivity index (χ3v) is 3.94. The van der Waals surface area contributed by atoms with E-state index in [0.29, 0.717) is 16.5 Å². The highest BCUT2D eigenvalue weighted by Crippen LogP contribution is 2.29. The molecule has 1 amide bonds. The lowest BCUT2D eigenvalue weighted by Gasteiger charge is -2.01. The first-order valence-electron chi connectivity index (χ1n) is 5.45. The van der Waals surface area contributed by atoms with Gasteiger partial charge in [0.05, 0.1) is 5.02 Å². The van der Waals surface area contributed by atoms with Crippen LogP contribution in [0.1, 0.15) is 21.9 Å². The van der Waals surface area contributed by atoms with E-state index in [1.807, 2.05) is 5.43 Å². The van der Waals surface area contributed by atoms with Gasteiger partial charge in [0.25, 0.3) is 0 Å². The van der Waals surface area contributed by atoms with Crippen molar-refractivity contribution in [1.82, 2.24) is 10.4 Å². The zero-order chi connectivity index (χ0) is 13.8. The largest absolute Gasteiger partial charge is 0.456 e. The molecule has 19 heavy (non-hydrogen) atoms. The summed E-state index contributed by atoms with van der Waals surface area (Å²) in [5.41, 5.74) is 2.94. The van der Waals surface area contributed by atoms with Gasteiger partial charge in [-0.15, -0.1) is 11.8 Å². The first-order valence-corrected chi connectivity index (χ1v) is 6.81. The topological polar surface area (TPSA) is 81.2 Å². The molecule has 2 aromatic heterocycles. The monoisotopic (exact) mass is 297 g/mol. The van der Waals surface area contributed by atoms with E-state index in [-0.39, 0.29) is 5.76 Å². The number of furan rings is 1. The molecule has 2 heterocycles. The summed E-state index contributed by atoms with van der Waals surface area (Å²) >= 11 is 7.50. The number of rotatable bonds is 4. The van der Waals surface area contributed by atoms with E-state index in [2.05, 4.69) is 4.98 Å². The molecule has 2 aromatic rings. The Morgan fingerprint density at radius 2 is 2.42 bits per heavy atom. The fourth-order valence-electron chi connectivity index (χ4n) is 1.47. The molecular formula is C12H12ClN3O2S. The van der Waals surface area contributed by atoms with Gasteiger partial charge in [-0.3, -0.25) is 10.2 Å². The van der Waals surface area contributed by atoms with Crippen molar-refractivity contribution in [3.8, 4) is 0 Å². The number of nitrogens with two attached hydrogens (primary N) is 1. The predicted octanol–water partition coefficient (Wildman–Crippen LogP) is 2.53. The minimum absolute atomic E-state index is 0.197. The van der Waals surface area contributed by atoms with Crippen LogP contribution in [-0.2, 0) is 5.75 Å². The van der Waals surface area contributed by atoms with Crippen LogP contribution in [0.15, 0.2) is 33.8 Å². The number of nitrogen functional groups attached to an aromatic ring is 1. The molecule has 0 aromatic carbocycles. The summed E-state index contributed by atoms with van der Waals surface area (Å²) in [5.74, 6) is 6.10. The number of hydrazine groups is 1. The van der Waals surface area contributed by atoms with E-state index in [4.69, 9.17) is 21.9 Å². The van der Waals surface area contributed by atoms with Crippen LogP contribution in [0.3, 0.4) is 0 Å². The van der Waals surface area contributed by atoms with Gasteiger partial charge in [-0.25, -0.2) is 10.8 Å². The van der Waals surface area contributed by atoms with E-state index < -0.39 is 5.91 Å². The number of pyridine rings is 1. The second-order valence-electron chi connectivity index (χ2n) is 3.74. The molecule has 0 aliphatic rings. The van der Waals surface area contributed by atoms with Crippen LogP contribution in [0.25, 0.3) is 0 Å². The van der Waals surface area contributed by atoms with Crippen molar-refractivity contribution in [2.75, 3.05) is 0 Å². The molecule has 5 nitrogen and oxygen atoms in total. The Kier molecular flexibility index (Phi) is 4.47. The molecule has 0 radical (unpaired) electrons. The fraction of sp³-hybridized carbons (Fsp3) is 0.167. The Bertz CT molecular complexity index is 600. The predicted molar refractivity (Wildman–Crippen MR) is 73.9 cm³/mol. The maximum absolute atomic E-state index is 11.3. The van der Waals surface area contributed by atoms with Crippen LogP contribution in [0.5, 0.6) is 0 Å². The van der Waals surface area contributed by atoms with E-state index in [1.54, 1.807) is 31.3 Å². The smallest absolute Gasteiger partial charge is 0.300 e. The Morgan fingerprint density at radius 3 is 3.11 bits per heavy atom. The average molecular weight is 298 g/mol. The number of aromatic nitrogens is 1. The SMILES string of the molecule is Cc1oc(C(=O)NN)cc1CSc1ncccc1Cl. The Labute approximate surface area is 119 Å². The first kappa shape index (κ1) is 13.9. The number of nitrogens with zero attached hydrogens (tertiary/aromatic N) is 1. The molecule has 0 fully saturated rings. The van der Waals surface area contributed by atoms with Crippen LogP contribution < -0.4 is 11.3 Å². The zero-order valence-electron chi connectivity index (χ0n) is 10.1. The number of hydrogen-bond acceptors (Lipinski definition) is 5. The summed E-state index contributed by atoms with van der Waals surface area (Å²) in [6.07, 6.45) is 1.68. The molecule has 0 atom stereocenters. The van der Waals surface area contributed by atoms with Crippen LogP contribution in [0, 0.1) is 6.92 Å². The van der Waals surface area contributed by atoms with Crippen LogP contribution in [0.4, 0.5) is 0 Å². The zero-order valence-corrected chi connectivity index (χ0v) is 11.7. The molecule has 100 valence electrons. The minimum atomic E-state index is -0.449. The van der Waals surface area contributed by atoms with Crippen molar-refractivity contribution in [3.63, 3.8) is 0 Å². The lowest BCUT2D eigenvalue weighted by Crippen LogP contribution is -2.29. The van der Waals surface area contributed by atoms with Crippen molar-refractivity contribution in [3.05, 3.63) is 46.5 Å². The highest BCUT2D eigenvalue weighted by molar-refractivity contribution is 7.98. The number of hydrogen-bond donors (Lipinski definition) is 2. The van der Waals surface area contributed by atoms with Crippen LogP contribution in [-0.4, -0.2) is 10.9 Å². The summed E-state index contributed by atoms with van der Waals surface area (Å²) in [4.78, 5) is 15.5. The third kappa shape index (κ3) is 3.28. The number of nitrogens with one attached hydrogen (secondary N) is 1. The number of carbonyl (C=O) groups is 1. The normalized spacial score (nSPS) is 10.5. The molecule has 0 saturated carbocycles. The van der Waals surface area contributed by atoms with E-state index in [1.165, 1.54) is 11.8 Å². The highest BCUT2D eigenvalue weighted by atomic mass is 35.5. The fourth-order valence-corrected chi connectivity index (χ4v) is 2.68. The van der Waals surface area contributed by atoms with Gasteiger partial charge >= 0.3 is 5.91 Å². The number of aryl methyl sites for hydroxylation is 1. The maximum Gasteiger partial charge on any atom is 0.300 e. The van der Waals surface area contributed by atoms with Gasteiger partial charge in [-0.1, -0.05) is 11.6 Å². The van der Waals surface area contributed by atoms with Gasteiger partial charge < -0.3 is 4.42 Å². The third-order valence-electron chi connectivity index (χ3n) is 2.46. The van der Waals surface area contributed by atoms with Gasteiger partial charge in [0.15, 0.2) is 5.76 Å². The van der Waals surface area contributed by atoms with Gasteiger partial charge in [-0.2, -0.15) is 0 Å². The standard InChI is InChI=1S/C12H12ClN3O2S/c1-7-8(5-10(18-7)11(17)16-14)6-19-12-9(13)3-2-4-15-12/h2-5H,6,14H2,1H3,(H,16,17). The number of halogens is 1.